The van der Waals surface area contributed by atoms with Gasteiger partial charge in [0.25, 0.3) is 0 Å². The number of hydrogen-bond acceptors (Lipinski definition) is 4. The van der Waals surface area contributed by atoms with Gasteiger partial charge in [0.2, 0.25) is 5.95 Å². The molecule has 0 radical (unpaired) electrons. The van der Waals surface area contributed by atoms with Crippen molar-refractivity contribution in [3.05, 3.63) is 5.69 Å². The first-order valence-corrected chi connectivity index (χ1v) is 8.03. The molecule has 2 aromatic heterocycles. The second kappa shape index (κ2) is 5.67. The van der Waals surface area contributed by atoms with Crippen LogP contribution in [-0.2, 0) is 20.0 Å². The van der Waals surface area contributed by atoms with E-state index in [4.69, 9.17) is 5.73 Å². The van der Waals surface area contributed by atoms with Crippen molar-refractivity contribution in [1.82, 2.24) is 24.2 Å². The maximum Gasteiger partial charge on any atom is 0.202 e. The van der Waals surface area contributed by atoms with E-state index in [1.165, 1.54) is 25.9 Å². The lowest BCUT2D eigenvalue weighted by atomic mass is 10.2. The van der Waals surface area contributed by atoms with Crippen molar-refractivity contribution in [1.29, 1.82) is 0 Å². The molecule has 1 unspecified atom stereocenters. The second-order valence-electron chi connectivity index (χ2n) is 6.17. The van der Waals surface area contributed by atoms with Gasteiger partial charge in [-0.15, -0.1) is 0 Å². The third-order valence-electron chi connectivity index (χ3n) is 4.52. The number of imidazole rings is 1. The van der Waals surface area contributed by atoms with Gasteiger partial charge in [-0.2, -0.15) is 5.10 Å². The Morgan fingerprint density at radius 1 is 1.29 bits per heavy atom. The van der Waals surface area contributed by atoms with E-state index in [2.05, 4.69) is 33.4 Å². The summed E-state index contributed by atoms with van der Waals surface area (Å²) in [7, 11) is 1.99. The smallest absolute Gasteiger partial charge is 0.202 e. The minimum Gasteiger partial charge on any atom is -0.369 e. The molecule has 0 aliphatic carbocycles. The molecule has 0 amide bonds. The zero-order valence-electron chi connectivity index (χ0n) is 13.3. The number of anilines is 1. The summed E-state index contributed by atoms with van der Waals surface area (Å²) < 4.78 is 4.06. The van der Waals surface area contributed by atoms with E-state index in [1.54, 1.807) is 0 Å². The molecule has 116 valence electrons. The van der Waals surface area contributed by atoms with E-state index < -0.39 is 0 Å². The van der Waals surface area contributed by atoms with Gasteiger partial charge in [0.1, 0.15) is 5.52 Å². The highest BCUT2D eigenvalue weighted by atomic mass is 15.4. The summed E-state index contributed by atoms with van der Waals surface area (Å²) >= 11 is 0. The molecule has 0 spiro atoms. The maximum atomic E-state index is 6.17. The molecule has 1 fully saturated rings. The van der Waals surface area contributed by atoms with E-state index in [-0.39, 0.29) is 0 Å². The fourth-order valence-corrected chi connectivity index (χ4v) is 3.41. The molecule has 6 heteroatoms. The van der Waals surface area contributed by atoms with Crippen LogP contribution in [0.4, 0.5) is 5.95 Å². The van der Waals surface area contributed by atoms with E-state index in [1.807, 2.05) is 11.7 Å². The average molecular weight is 290 g/mol. The minimum absolute atomic E-state index is 0.483. The van der Waals surface area contributed by atoms with Gasteiger partial charge in [-0.1, -0.05) is 13.3 Å². The number of aryl methyl sites for hydroxylation is 2. The van der Waals surface area contributed by atoms with Crippen molar-refractivity contribution in [2.45, 2.75) is 52.1 Å². The molecule has 0 aromatic carbocycles. The molecule has 3 rings (SSSR count). The molecule has 3 heterocycles. The SMILES string of the molecule is CCCc1nn(C)c2c1nc(N)n2CC(C)N1CCCC1. The molecule has 1 aliphatic rings. The lowest BCUT2D eigenvalue weighted by Crippen LogP contribution is -2.34. The average Bonchev–Trinajstić information content (AvgIpc) is 3.12. The monoisotopic (exact) mass is 290 g/mol. The maximum absolute atomic E-state index is 6.17. The predicted molar refractivity (Wildman–Crippen MR) is 85.2 cm³/mol. The van der Waals surface area contributed by atoms with Gasteiger partial charge in [0.15, 0.2) is 5.65 Å². The lowest BCUT2D eigenvalue weighted by Gasteiger charge is -2.24. The predicted octanol–water partition coefficient (Wildman–Crippen LogP) is 1.79. The van der Waals surface area contributed by atoms with Gasteiger partial charge in [-0.25, -0.2) is 4.98 Å². The molecule has 6 nitrogen and oxygen atoms in total. The number of rotatable bonds is 5. The van der Waals surface area contributed by atoms with Crippen LogP contribution in [-0.4, -0.2) is 43.4 Å². The fraction of sp³-hybridized carbons (Fsp3) is 0.733. The first-order chi connectivity index (χ1) is 10.1. The van der Waals surface area contributed by atoms with Crippen molar-refractivity contribution < 1.29 is 0 Å². The van der Waals surface area contributed by atoms with Crippen LogP contribution >= 0.6 is 0 Å². The molecule has 1 atom stereocenters. The second-order valence-corrected chi connectivity index (χ2v) is 6.17. The molecular weight excluding hydrogens is 264 g/mol. The van der Waals surface area contributed by atoms with E-state index in [0.29, 0.717) is 12.0 Å². The number of nitrogens with two attached hydrogens (primary N) is 1. The minimum atomic E-state index is 0.483. The van der Waals surface area contributed by atoms with Crippen LogP contribution in [0, 0.1) is 0 Å². The van der Waals surface area contributed by atoms with Crippen molar-refractivity contribution in [3.8, 4) is 0 Å². The van der Waals surface area contributed by atoms with Crippen LogP contribution in [0.25, 0.3) is 11.2 Å². The van der Waals surface area contributed by atoms with Gasteiger partial charge in [-0.3, -0.25) is 14.1 Å². The van der Waals surface area contributed by atoms with Crippen LogP contribution in [0.2, 0.25) is 0 Å². The van der Waals surface area contributed by atoms with Crippen LogP contribution in [0.5, 0.6) is 0 Å². The van der Waals surface area contributed by atoms with Gasteiger partial charge >= 0.3 is 0 Å². The van der Waals surface area contributed by atoms with Crippen molar-refractivity contribution in [3.63, 3.8) is 0 Å². The topological polar surface area (TPSA) is 64.9 Å². The van der Waals surface area contributed by atoms with Crippen LogP contribution in [0.1, 0.15) is 38.8 Å². The van der Waals surface area contributed by atoms with Crippen LogP contribution in [0.3, 0.4) is 0 Å². The third-order valence-corrected chi connectivity index (χ3v) is 4.52. The van der Waals surface area contributed by atoms with Gasteiger partial charge in [0, 0.05) is 19.6 Å². The number of nitrogen functional groups attached to an aromatic ring is 1. The Balaban J connectivity index is 1.92. The Labute approximate surface area is 125 Å². The quantitative estimate of drug-likeness (QED) is 0.912. The normalized spacial score (nSPS) is 17.9. The third kappa shape index (κ3) is 2.52. The van der Waals surface area contributed by atoms with Crippen LogP contribution in [0.15, 0.2) is 0 Å². The first-order valence-electron chi connectivity index (χ1n) is 8.03. The number of likely N-dealkylation sites (tertiary alicyclic amines) is 1. The molecule has 1 saturated heterocycles. The van der Waals surface area contributed by atoms with E-state index in [9.17, 15) is 0 Å². The molecular formula is C15H26N6. The highest BCUT2D eigenvalue weighted by Crippen LogP contribution is 2.23. The molecule has 21 heavy (non-hydrogen) atoms. The standard InChI is InChI=1S/C15H26N6/c1-4-7-12-13-14(19(3)18-12)21(15(16)17-13)10-11(2)20-8-5-6-9-20/h11H,4-10H2,1-3H3,(H2,16,17). The highest BCUT2D eigenvalue weighted by Gasteiger charge is 2.22. The molecule has 2 aromatic rings. The van der Waals surface area contributed by atoms with Gasteiger partial charge in [-0.05, 0) is 39.3 Å². The van der Waals surface area contributed by atoms with Crippen molar-refractivity contribution >= 4 is 17.1 Å². The Hall–Kier alpha value is -1.56. The first kappa shape index (κ1) is 14.4. The summed E-state index contributed by atoms with van der Waals surface area (Å²) in [4.78, 5) is 7.11. The summed E-state index contributed by atoms with van der Waals surface area (Å²) in [6.45, 7) is 7.72. The highest BCUT2D eigenvalue weighted by molar-refractivity contribution is 5.77. The number of nitrogens with zero attached hydrogens (tertiary/aromatic N) is 5. The lowest BCUT2D eigenvalue weighted by molar-refractivity contribution is 0.237. The summed E-state index contributed by atoms with van der Waals surface area (Å²) in [5, 5.41) is 4.61. The molecule has 0 saturated carbocycles. The summed E-state index contributed by atoms with van der Waals surface area (Å²) in [5.41, 5.74) is 9.27. The number of aromatic nitrogens is 4. The Kier molecular flexibility index (Phi) is 3.89. The van der Waals surface area contributed by atoms with Gasteiger partial charge in [0.05, 0.1) is 5.69 Å². The Morgan fingerprint density at radius 3 is 2.67 bits per heavy atom. The molecule has 0 bridgehead atoms. The molecule has 1 aliphatic heterocycles. The summed E-state index contributed by atoms with van der Waals surface area (Å²) in [6, 6.07) is 0.483. The number of hydrogen-bond donors (Lipinski definition) is 1. The zero-order valence-corrected chi connectivity index (χ0v) is 13.3. The Bertz CT molecular complexity index is 620. The Morgan fingerprint density at radius 2 is 2.00 bits per heavy atom. The van der Waals surface area contributed by atoms with Crippen molar-refractivity contribution in [2.24, 2.45) is 7.05 Å². The molecule has 2 N–H and O–H groups in total. The zero-order chi connectivity index (χ0) is 15.0. The number of fused-ring (bicyclic) bond motifs is 1. The van der Waals surface area contributed by atoms with Crippen LogP contribution < -0.4 is 5.73 Å². The van der Waals surface area contributed by atoms with Crippen molar-refractivity contribution in [2.75, 3.05) is 18.8 Å². The van der Waals surface area contributed by atoms with E-state index >= 15 is 0 Å². The van der Waals surface area contributed by atoms with Gasteiger partial charge < -0.3 is 5.73 Å². The largest absolute Gasteiger partial charge is 0.369 e. The summed E-state index contributed by atoms with van der Waals surface area (Å²) in [5.74, 6) is 0.612. The summed E-state index contributed by atoms with van der Waals surface area (Å²) in [6.07, 6.45) is 4.65. The fourth-order valence-electron chi connectivity index (χ4n) is 3.41. The van der Waals surface area contributed by atoms with E-state index in [0.717, 1.165) is 36.2 Å².